The highest BCUT2D eigenvalue weighted by atomic mass is 16.8. The number of ether oxygens (including phenoxy) is 8. The summed E-state index contributed by atoms with van der Waals surface area (Å²) in [5, 5.41) is 2.60. The van der Waals surface area contributed by atoms with E-state index in [9.17, 15) is 9.59 Å². The second kappa shape index (κ2) is 18.0. The summed E-state index contributed by atoms with van der Waals surface area (Å²) in [5.41, 5.74) is 3.54. The maximum absolute atomic E-state index is 13.0. The molecule has 0 spiro atoms. The van der Waals surface area contributed by atoms with E-state index in [4.69, 9.17) is 37.9 Å². The van der Waals surface area contributed by atoms with Gasteiger partial charge in [-0.15, -0.1) is 0 Å². The highest BCUT2D eigenvalue weighted by molar-refractivity contribution is 5.81. The molecule has 4 aromatic rings. The normalized spacial score (nSPS) is 24.0. The van der Waals surface area contributed by atoms with Crippen LogP contribution in [0.15, 0.2) is 121 Å². The maximum Gasteiger partial charge on any atom is 0.408 e. The average molecular weight is 698 g/mol. The minimum absolute atomic E-state index is 0.0183. The van der Waals surface area contributed by atoms with Crippen molar-refractivity contribution in [2.75, 3.05) is 13.7 Å². The van der Waals surface area contributed by atoms with Crippen molar-refractivity contribution in [2.24, 2.45) is 0 Å². The molecule has 2 heterocycles. The fraction of sp³-hybridized carbons (Fsp3) is 0.350. The quantitative estimate of drug-likeness (QED) is 0.160. The summed E-state index contributed by atoms with van der Waals surface area (Å²) in [6.07, 6.45) is -6.23. The van der Waals surface area contributed by atoms with Crippen LogP contribution in [-0.2, 0) is 62.5 Å². The van der Waals surface area contributed by atoms with E-state index in [2.05, 4.69) is 5.32 Å². The van der Waals surface area contributed by atoms with Crippen LogP contribution < -0.4 is 5.32 Å². The minimum Gasteiger partial charge on any atom is -0.467 e. The Kier molecular flexibility index (Phi) is 12.8. The Morgan fingerprint density at radius 1 is 0.725 bits per heavy atom. The van der Waals surface area contributed by atoms with E-state index in [1.54, 1.807) is 6.92 Å². The Morgan fingerprint density at radius 3 is 1.82 bits per heavy atom. The number of esters is 1. The van der Waals surface area contributed by atoms with Gasteiger partial charge in [-0.2, -0.15) is 0 Å². The number of rotatable bonds is 14. The highest BCUT2D eigenvalue weighted by Gasteiger charge is 2.52. The van der Waals surface area contributed by atoms with Crippen LogP contribution in [0.5, 0.6) is 0 Å². The molecule has 268 valence electrons. The van der Waals surface area contributed by atoms with Gasteiger partial charge in [0.25, 0.3) is 0 Å². The zero-order valence-corrected chi connectivity index (χ0v) is 28.6. The molecule has 11 nitrogen and oxygen atoms in total. The Morgan fingerprint density at radius 2 is 1.25 bits per heavy atom. The number of carbonyl (C=O) groups is 2. The summed E-state index contributed by atoms with van der Waals surface area (Å²) in [6, 6.07) is 37.2. The van der Waals surface area contributed by atoms with Crippen molar-refractivity contribution in [3.8, 4) is 0 Å². The van der Waals surface area contributed by atoms with Crippen LogP contribution in [-0.4, -0.2) is 68.6 Å². The lowest BCUT2D eigenvalue weighted by atomic mass is 9.96. The molecule has 6 rings (SSSR count). The van der Waals surface area contributed by atoms with Crippen LogP contribution in [0.3, 0.4) is 0 Å². The van der Waals surface area contributed by atoms with Gasteiger partial charge < -0.3 is 43.2 Å². The number of alkyl carbamates (subject to hydrolysis) is 1. The van der Waals surface area contributed by atoms with E-state index >= 15 is 0 Å². The molecule has 8 atom stereocenters. The fourth-order valence-corrected chi connectivity index (χ4v) is 6.01. The van der Waals surface area contributed by atoms with Gasteiger partial charge in [0.1, 0.15) is 31.0 Å². The Bertz CT molecular complexity index is 1650. The third kappa shape index (κ3) is 9.79. The SMILES string of the molecule is COC(=O)[C@@H](NC(=O)OCc1ccccc1)[C@@H](C)O[C@@H]1O[C@@H]2CO[C@@H](c3ccccc3)O[C@H]2[C@H](OCc2ccccc2)[C@@H]1OCc1ccccc1. The molecule has 51 heavy (non-hydrogen) atoms. The molecule has 0 bridgehead atoms. The molecule has 0 unspecified atom stereocenters. The first-order valence-electron chi connectivity index (χ1n) is 17.0. The van der Waals surface area contributed by atoms with Crippen molar-refractivity contribution >= 4 is 12.1 Å². The van der Waals surface area contributed by atoms with Gasteiger partial charge in [0.2, 0.25) is 0 Å². The number of nitrogens with one attached hydrogen (secondary N) is 1. The predicted octanol–water partition coefficient (Wildman–Crippen LogP) is 5.87. The summed E-state index contributed by atoms with van der Waals surface area (Å²) in [5.74, 6) is -0.721. The van der Waals surface area contributed by atoms with Crippen LogP contribution in [0.1, 0.15) is 35.5 Å². The van der Waals surface area contributed by atoms with Crippen LogP contribution in [0.25, 0.3) is 0 Å². The topological polar surface area (TPSA) is 120 Å². The molecular formula is C40H43NO10. The van der Waals surface area contributed by atoms with E-state index in [0.717, 1.165) is 22.3 Å². The van der Waals surface area contributed by atoms with Gasteiger partial charge in [0.05, 0.1) is 33.0 Å². The van der Waals surface area contributed by atoms with Crippen LogP contribution in [0.2, 0.25) is 0 Å². The van der Waals surface area contributed by atoms with E-state index in [0.29, 0.717) is 0 Å². The lowest BCUT2D eigenvalue weighted by Gasteiger charge is -2.49. The second-order valence-electron chi connectivity index (χ2n) is 12.3. The first kappa shape index (κ1) is 36.2. The van der Waals surface area contributed by atoms with E-state index in [1.807, 2.05) is 121 Å². The summed E-state index contributed by atoms with van der Waals surface area (Å²) >= 11 is 0. The number of hydrogen-bond acceptors (Lipinski definition) is 10. The molecule has 11 heteroatoms. The summed E-state index contributed by atoms with van der Waals surface area (Å²) in [7, 11) is 1.24. The van der Waals surface area contributed by atoms with Gasteiger partial charge in [0, 0.05) is 5.56 Å². The summed E-state index contributed by atoms with van der Waals surface area (Å²) in [4.78, 5) is 25.9. The highest BCUT2D eigenvalue weighted by Crippen LogP contribution is 2.38. The van der Waals surface area contributed by atoms with Crippen molar-refractivity contribution in [1.82, 2.24) is 5.32 Å². The summed E-state index contributed by atoms with van der Waals surface area (Å²) < 4.78 is 49.4. The molecule has 0 saturated carbocycles. The molecule has 0 radical (unpaired) electrons. The first-order chi connectivity index (χ1) is 25.0. The Hall–Kier alpha value is -4.62. The molecule has 0 aromatic heterocycles. The largest absolute Gasteiger partial charge is 0.467 e. The second-order valence-corrected chi connectivity index (χ2v) is 12.3. The zero-order valence-electron chi connectivity index (χ0n) is 28.6. The molecule has 2 fully saturated rings. The predicted molar refractivity (Wildman–Crippen MR) is 185 cm³/mol. The van der Waals surface area contributed by atoms with Crippen molar-refractivity contribution < 1.29 is 47.5 Å². The van der Waals surface area contributed by atoms with Crippen LogP contribution in [0.4, 0.5) is 4.79 Å². The average Bonchev–Trinajstić information content (AvgIpc) is 3.18. The smallest absolute Gasteiger partial charge is 0.408 e. The fourth-order valence-electron chi connectivity index (χ4n) is 6.01. The van der Waals surface area contributed by atoms with E-state index < -0.39 is 61.2 Å². The number of fused-ring (bicyclic) bond motifs is 1. The van der Waals surface area contributed by atoms with Gasteiger partial charge in [0.15, 0.2) is 18.6 Å². The van der Waals surface area contributed by atoms with Crippen LogP contribution in [0, 0.1) is 0 Å². The number of amides is 1. The molecule has 2 saturated heterocycles. The lowest BCUT2D eigenvalue weighted by Crippen LogP contribution is -2.64. The van der Waals surface area contributed by atoms with Crippen LogP contribution >= 0.6 is 0 Å². The third-order valence-corrected chi connectivity index (χ3v) is 8.69. The first-order valence-corrected chi connectivity index (χ1v) is 17.0. The standard InChI is InChI=1S/C40H43NO10/c1-27(33(37(42)44-2)41-40(43)48-25-30-19-11-5-12-20-30)49-39-36(46-24-29-17-9-4-10-18-29)35(45-23-28-15-7-3-8-16-28)34-32(50-39)26-47-38(51-34)31-21-13-6-14-22-31/h3-22,27,32-36,38-39H,23-26H2,1-2H3,(H,41,43)/t27-,32-,33+,34-,35+,36+,38-,39-/m1/s1. The molecule has 4 aromatic carbocycles. The molecule has 2 aliphatic heterocycles. The Balaban J connectivity index is 1.24. The maximum atomic E-state index is 13.0. The molecule has 1 amide bonds. The van der Waals surface area contributed by atoms with Gasteiger partial charge in [-0.05, 0) is 23.6 Å². The molecular weight excluding hydrogens is 654 g/mol. The van der Waals surface area contributed by atoms with Crippen molar-refractivity contribution in [3.05, 3.63) is 144 Å². The number of methoxy groups -OCH3 is 1. The molecule has 0 aliphatic carbocycles. The van der Waals surface area contributed by atoms with E-state index in [1.165, 1.54) is 7.11 Å². The van der Waals surface area contributed by atoms with E-state index in [-0.39, 0.29) is 26.4 Å². The number of benzene rings is 4. The summed E-state index contributed by atoms with van der Waals surface area (Å²) in [6.45, 7) is 2.32. The van der Waals surface area contributed by atoms with Crippen molar-refractivity contribution in [1.29, 1.82) is 0 Å². The minimum atomic E-state index is -1.24. The molecule has 2 aliphatic rings. The monoisotopic (exact) mass is 697 g/mol. The lowest BCUT2D eigenvalue weighted by molar-refractivity contribution is -0.377. The Labute approximate surface area is 297 Å². The number of carbonyl (C=O) groups excluding carboxylic acids is 2. The number of hydrogen-bond donors (Lipinski definition) is 1. The van der Waals surface area contributed by atoms with Gasteiger partial charge in [-0.25, -0.2) is 9.59 Å². The third-order valence-electron chi connectivity index (χ3n) is 8.69. The van der Waals surface area contributed by atoms with Gasteiger partial charge in [-0.1, -0.05) is 121 Å². The molecule has 1 N–H and O–H groups in total. The van der Waals surface area contributed by atoms with Gasteiger partial charge >= 0.3 is 12.1 Å². The zero-order chi connectivity index (χ0) is 35.4. The van der Waals surface area contributed by atoms with Gasteiger partial charge in [-0.3, -0.25) is 0 Å². The van der Waals surface area contributed by atoms with Crippen molar-refractivity contribution in [3.63, 3.8) is 0 Å². The van der Waals surface area contributed by atoms with Crippen molar-refractivity contribution in [2.45, 2.75) is 75.9 Å².